The molecule has 0 heterocycles. The smallest absolute Gasteiger partial charge is 0.254 e. The predicted octanol–water partition coefficient (Wildman–Crippen LogP) is 1.36. The van der Waals surface area contributed by atoms with E-state index in [1.807, 2.05) is 0 Å². The Labute approximate surface area is 124 Å². The first-order valence-corrected chi connectivity index (χ1v) is 6.73. The van der Waals surface area contributed by atoms with Gasteiger partial charge >= 0.3 is 0 Å². The van der Waals surface area contributed by atoms with Crippen LogP contribution in [0.15, 0.2) is 18.2 Å². The monoisotopic (exact) mass is 296 g/mol. The van der Waals surface area contributed by atoms with Gasteiger partial charge in [-0.1, -0.05) is 0 Å². The minimum Gasteiger partial charge on any atom is -0.385 e. The Kier molecular flexibility index (Phi) is 6.81. The molecule has 2 amide bonds. The molecule has 0 saturated heterocycles. The van der Waals surface area contributed by atoms with Gasteiger partial charge in [0.15, 0.2) is 0 Å². The number of halogens is 1. The maximum absolute atomic E-state index is 13.2. The van der Waals surface area contributed by atoms with Gasteiger partial charge in [-0.15, -0.1) is 0 Å². The topological polar surface area (TPSA) is 58.6 Å². The first-order chi connectivity index (χ1) is 9.95. The van der Waals surface area contributed by atoms with Crippen LogP contribution in [0.1, 0.15) is 22.3 Å². The summed E-state index contributed by atoms with van der Waals surface area (Å²) < 4.78 is 18.1. The maximum atomic E-state index is 13.2. The number of nitrogens with one attached hydrogen (secondary N) is 1. The summed E-state index contributed by atoms with van der Waals surface area (Å²) in [7, 11) is 3.13. The van der Waals surface area contributed by atoms with Gasteiger partial charge in [0.2, 0.25) is 5.91 Å². The van der Waals surface area contributed by atoms with Crippen molar-refractivity contribution < 1.29 is 18.7 Å². The van der Waals surface area contributed by atoms with E-state index in [4.69, 9.17) is 4.74 Å². The normalized spacial score (nSPS) is 10.3. The SMILES string of the molecule is COCCCNC(=O)CN(C)C(=O)c1ccc(F)c(C)c1. The molecule has 0 fully saturated rings. The van der Waals surface area contributed by atoms with Crippen molar-refractivity contribution in [2.45, 2.75) is 13.3 Å². The Balaban J connectivity index is 2.50. The fourth-order valence-corrected chi connectivity index (χ4v) is 1.79. The number of rotatable bonds is 7. The van der Waals surface area contributed by atoms with E-state index in [0.717, 1.165) is 6.42 Å². The number of benzene rings is 1. The van der Waals surface area contributed by atoms with Gasteiger partial charge in [-0.05, 0) is 37.1 Å². The van der Waals surface area contributed by atoms with Crippen LogP contribution in [0.2, 0.25) is 0 Å². The van der Waals surface area contributed by atoms with Crippen LogP contribution >= 0.6 is 0 Å². The van der Waals surface area contributed by atoms with Crippen LogP contribution in [0.25, 0.3) is 0 Å². The molecule has 0 spiro atoms. The highest BCUT2D eigenvalue weighted by Gasteiger charge is 2.15. The number of aryl methyl sites for hydroxylation is 1. The fraction of sp³-hybridized carbons (Fsp3) is 0.467. The molecule has 6 heteroatoms. The largest absolute Gasteiger partial charge is 0.385 e. The van der Waals surface area contributed by atoms with E-state index in [1.165, 1.54) is 30.1 Å². The van der Waals surface area contributed by atoms with E-state index in [2.05, 4.69) is 5.32 Å². The Morgan fingerprint density at radius 1 is 1.38 bits per heavy atom. The maximum Gasteiger partial charge on any atom is 0.254 e. The summed E-state index contributed by atoms with van der Waals surface area (Å²) in [6.07, 6.45) is 0.719. The Bertz CT molecular complexity index is 506. The molecule has 116 valence electrons. The second kappa shape index (κ2) is 8.36. The third kappa shape index (κ3) is 5.51. The van der Waals surface area contributed by atoms with Crippen molar-refractivity contribution in [2.24, 2.45) is 0 Å². The molecule has 5 nitrogen and oxygen atoms in total. The van der Waals surface area contributed by atoms with Gasteiger partial charge in [-0.3, -0.25) is 9.59 Å². The van der Waals surface area contributed by atoms with Gasteiger partial charge in [0, 0.05) is 32.9 Å². The number of carbonyl (C=O) groups excluding carboxylic acids is 2. The second-order valence-electron chi connectivity index (χ2n) is 4.82. The van der Waals surface area contributed by atoms with Crippen molar-refractivity contribution in [3.63, 3.8) is 0 Å². The molecule has 0 aliphatic carbocycles. The lowest BCUT2D eigenvalue weighted by atomic mass is 10.1. The van der Waals surface area contributed by atoms with Crippen molar-refractivity contribution in [1.29, 1.82) is 0 Å². The van der Waals surface area contributed by atoms with Gasteiger partial charge < -0.3 is 15.0 Å². The molecule has 0 radical (unpaired) electrons. The molecule has 0 aliphatic heterocycles. The molecule has 1 aromatic rings. The molecule has 1 aromatic carbocycles. The molecule has 0 unspecified atom stereocenters. The van der Waals surface area contributed by atoms with Crippen molar-refractivity contribution in [3.05, 3.63) is 35.1 Å². The van der Waals surface area contributed by atoms with Gasteiger partial charge in [-0.2, -0.15) is 0 Å². The van der Waals surface area contributed by atoms with Crippen LogP contribution in [-0.2, 0) is 9.53 Å². The lowest BCUT2D eigenvalue weighted by Crippen LogP contribution is -2.38. The number of hydrogen-bond acceptors (Lipinski definition) is 3. The minimum atomic E-state index is -0.356. The summed E-state index contributed by atoms with van der Waals surface area (Å²) in [4.78, 5) is 25.1. The average molecular weight is 296 g/mol. The van der Waals surface area contributed by atoms with Gasteiger partial charge in [-0.25, -0.2) is 4.39 Å². The molecular weight excluding hydrogens is 275 g/mol. The molecule has 21 heavy (non-hydrogen) atoms. The highest BCUT2D eigenvalue weighted by Crippen LogP contribution is 2.10. The zero-order valence-electron chi connectivity index (χ0n) is 12.6. The van der Waals surface area contributed by atoms with E-state index in [9.17, 15) is 14.0 Å². The van der Waals surface area contributed by atoms with Crippen molar-refractivity contribution in [2.75, 3.05) is 33.9 Å². The highest BCUT2D eigenvalue weighted by molar-refractivity contribution is 5.96. The van der Waals surface area contributed by atoms with Crippen molar-refractivity contribution in [3.8, 4) is 0 Å². The Morgan fingerprint density at radius 2 is 2.10 bits per heavy atom. The third-order valence-corrected chi connectivity index (χ3v) is 2.98. The predicted molar refractivity (Wildman–Crippen MR) is 77.6 cm³/mol. The van der Waals surface area contributed by atoms with E-state index < -0.39 is 0 Å². The molecular formula is C15H21FN2O3. The first-order valence-electron chi connectivity index (χ1n) is 6.73. The van der Waals surface area contributed by atoms with Crippen LogP contribution in [-0.4, -0.2) is 50.6 Å². The van der Waals surface area contributed by atoms with Crippen LogP contribution in [0.5, 0.6) is 0 Å². The van der Waals surface area contributed by atoms with E-state index in [-0.39, 0.29) is 24.2 Å². The lowest BCUT2D eigenvalue weighted by Gasteiger charge is -2.17. The number of nitrogens with zero attached hydrogens (tertiary/aromatic N) is 1. The quantitative estimate of drug-likeness (QED) is 0.773. The van der Waals surface area contributed by atoms with Crippen LogP contribution in [0.3, 0.4) is 0 Å². The molecule has 0 aliphatic rings. The standard InChI is InChI=1S/C15H21FN2O3/c1-11-9-12(5-6-13(11)16)15(20)18(2)10-14(19)17-7-4-8-21-3/h5-6,9H,4,7-8,10H2,1-3H3,(H,17,19). The molecule has 0 bridgehead atoms. The molecule has 1 N–H and O–H groups in total. The third-order valence-electron chi connectivity index (χ3n) is 2.98. The van der Waals surface area contributed by atoms with E-state index in [0.29, 0.717) is 24.3 Å². The molecule has 0 atom stereocenters. The Morgan fingerprint density at radius 3 is 2.71 bits per heavy atom. The van der Waals surface area contributed by atoms with Crippen LogP contribution < -0.4 is 5.32 Å². The molecule has 1 rings (SSSR count). The lowest BCUT2D eigenvalue weighted by molar-refractivity contribution is -0.121. The van der Waals surface area contributed by atoms with E-state index in [1.54, 1.807) is 14.0 Å². The average Bonchev–Trinajstić information content (AvgIpc) is 2.45. The zero-order chi connectivity index (χ0) is 15.8. The summed E-state index contributed by atoms with van der Waals surface area (Å²) >= 11 is 0. The van der Waals surface area contributed by atoms with Crippen LogP contribution in [0, 0.1) is 12.7 Å². The summed E-state index contributed by atoms with van der Waals surface area (Å²) in [5, 5.41) is 2.70. The number of hydrogen-bond donors (Lipinski definition) is 1. The molecule has 0 aromatic heterocycles. The van der Waals surface area contributed by atoms with Gasteiger partial charge in [0.1, 0.15) is 5.82 Å². The summed E-state index contributed by atoms with van der Waals surface area (Å²) in [6.45, 7) is 2.63. The van der Waals surface area contributed by atoms with E-state index >= 15 is 0 Å². The highest BCUT2D eigenvalue weighted by atomic mass is 19.1. The number of ether oxygens (including phenoxy) is 1. The number of methoxy groups -OCH3 is 1. The zero-order valence-corrected chi connectivity index (χ0v) is 12.6. The second-order valence-corrected chi connectivity index (χ2v) is 4.82. The summed E-state index contributed by atoms with van der Waals surface area (Å²) in [5.41, 5.74) is 0.766. The number of likely N-dealkylation sites (N-methyl/N-ethyl adjacent to an activating group) is 1. The van der Waals surface area contributed by atoms with Gasteiger partial charge in [0.25, 0.3) is 5.91 Å². The minimum absolute atomic E-state index is 0.0394. The van der Waals surface area contributed by atoms with Crippen molar-refractivity contribution in [1.82, 2.24) is 10.2 Å². The first kappa shape index (κ1) is 17.1. The number of carbonyl (C=O) groups is 2. The molecule has 0 saturated carbocycles. The number of amides is 2. The summed E-state index contributed by atoms with van der Waals surface area (Å²) in [6, 6.07) is 4.14. The Hall–Kier alpha value is -1.95. The van der Waals surface area contributed by atoms with Crippen LogP contribution in [0.4, 0.5) is 4.39 Å². The van der Waals surface area contributed by atoms with Crippen molar-refractivity contribution >= 4 is 11.8 Å². The summed E-state index contributed by atoms with van der Waals surface area (Å²) in [5.74, 6) is -0.906. The fourth-order valence-electron chi connectivity index (χ4n) is 1.79. The van der Waals surface area contributed by atoms with Gasteiger partial charge in [0.05, 0.1) is 6.54 Å².